The number of esters is 1. The maximum atomic E-state index is 12.5. The van der Waals surface area contributed by atoms with Gasteiger partial charge in [-0.15, -0.1) is 0 Å². The maximum Gasteiger partial charge on any atom is 0.335 e. The van der Waals surface area contributed by atoms with Crippen LogP contribution in [0.1, 0.15) is 35.7 Å². The smallest absolute Gasteiger partial charge is 0.335 e. The second-order valence-corrected chi connectivity index (χ2v) is 7.07. The lowest BCUT2D eigenvalue weighted by molar-refractivity contribution is -0.137. The first-order chi connectivity index (χ1) is 14.1. The minimum absolute atomic E-state index is 0.0584. The summed E-state index contributed by atoms with van der Waals surface area (Å²) in [6, 6.07) is 30.4. The van der Waals surface area contributed by atoms with Gasteiger partial charge in [0.25, 0.3) is 0 Å². The van der Waals surface area contributed by atoms with Gasteiger partial charge >= 0.3 is 5.97 Å². The highest BCUT2D eigenvalue weighted by Crippen LogP contribution is 2.36. The fourth-order valence-corrected chi connectivity index (χ4v) is 3.64. The molecule has 0 spiro atoms. The molecular weight excluding hydrogens is 358 g/mol. The first-order valence-electron chi connectivity index (χ1n) is 9.78. The molecule has 0 fully saturated rings. The average Bonchev–Trinajstić information content (AvgIpc) is 2.79. The molecule has 29 heavy (non-hydrogen) atoms. The van der Waals surface area contributed by atoms with Gasteiger partial charge in [-0.2, -0.15) is 0 Å². The third-order valence-corrected chi connectivity index (χ3v) is 5.21. The van der Waals surface area contributed by atoms with Gasteiger partial charge < -0.3 is 4.74 Å². The standard InChI is InChI=1S/C26H27NO2/c1-20(26(28)29-3)25(24-17-11-6-12-18-24)27(19-22-13-7-4-8-14-22)21(2)23-15-9-5-10-16-23/h4-18,21,25H,1,19H2,2-3H3. The van der Waals surface area contributed by atoms with Gasteiger partial charge in [0.2, 0.25) is 0 Å². The zero-order valence-electron chi connectivity index (χ0n) is 17.0. The predicted octanol–water partition coefficient (Wildman–Crippen LogP) is 5.72. The summed E-state index contributed by atoms with van der Waals surface area (Å²) in [6.07, 6.45) is 0. The van der Waals surface area contributed by atoms with Gasteiger partial charge in [-0.25, -0.2) is 4.79 Å². The average molecular weight is 386 g/mol. The molecule has 3 heteroatoms. The van der Waals surface area contributed by atoms with Gasteiger partial charge in [0, 0.05) is 12.6 Å². The van der Waals surface area contributed by atoms with Crippen molar-refractivity contribution in [1.29, 1.82) is 0 Å². The van der Waals surface area contributed by atoms with Crippen LogP contribution in [-0.4, -0.2) is 18.0 Å². The number of hydrogen-bond acceptors (Lipinski definition) is 3. The fraction of sp³-hybridized carbons (Fsp3) is 0.192. The van der Waals surface area contributed by atoms with Crippen LogP contribution in [0.4, 0.5) is 0 Å². The Balaban J connectivity index is 2.08. The Morgan fingerprint density at radius 1 is 0.862 bits per heavy atom. The molecule has 0 aliphatic carbocycles. The third-order valence-electron chi connectivity index (χ3n) is 5.21. The van der Waals surface area contributed by atoms with Crippen molar-refractivity contribution in [2.24, 2.45) is 0 Å². The molecule has 3 aromatic carbocycles. The molecule has 0 heterocycles. The number of methoxy groups -OCH3 is 1. The Kier molecular flexibility index (Phi) is 6.99. The highest BCUT2D eigenvalue weighted by molar-refractivity contribution is 5.89. The normalized spacial score (nSPS) is 12.9. The largest absolute Gasteiger partial charge is 0.466 e. The van der Waals surface area contributed by atoms with Gasteiger partial charge in [0.05, 0.1) is 18.7 Å². The molecule has 148 valence electrons. The van der Waals surface area contributed by atoms with E-state index in [9.17, 15) is 4.79 Å². The quantitative estimate of drug-likeness (QED) is 0.367. The molecule has 0 radical (unpaired) electrons. The molecule has 0 bridgehead atoms. The topological polar surface area (TPSA) is 29.5 Å². The Morgan fingerprint density at radius 2 is 1.34 bits per heavy atom. The van der Waals surface area contributed by atoms with Crippen LogP contribution in [0.2, 0.25) is 0 Å². The maximum absolute atomic E-state index is 12.5. The van der Waals surface area contributed by atoms with Gasteiger partial charge in [-0.1, -0.05) is 97.6 Å². The van der Waals surface area contributed by atoms with Crippen LogP contribution in [0.25, 0.3) is 0 Å². The van der Waals surface area contributed by atoms with Crippen molar-refractivity contribution < 1.29 is 9.53 Å². The van der Waals surface area contributed by atoms with Crippen LogP contribution < -0.4 is 0 Å². The zero-order valence-corrected chi connectivity index (χ0v) is 17.0. The van der Waals surface area contributed by atoms with E-state index in [0.29, 0.717) is 12.1 Å². The Morgan fingerprint density at radius 3 is 1.86 bits per heavy atom. The third kappa shape index (κ3) is 5.01. The summed E-state index contributed by atoms with van der Waals surface area (Å²) in [4.78, 5) is 14.8. The van der Waals surface area contributed by atoms with Crippen LogP contribution in [0, 0.1) is 0 Å². The van der Waals surface area contributed by atoms with Gasteiger partial charge in [-0.3, -0.25) is 4.90 Å². The summed E-state index contributed by atoms with van der Waals surface area (Å²) in [7, 11) is 1.40. The molecule has 0 aliphatic rings. The molecule has 2 unspecified atom stereocenters. The lowest BCUT2D eigenvalue weighted by Crippen LogP contribution is -2.34. The molecule has 0 amide bonds. The van der Waals surface area contributed by atoms with Gasteiger partial charge in [-0.05, 0) is 23.6 Å². The van der Waals surface area contributed by atoms with E-state index in [1.165, 1.54) is 18.2 Å². The molecule has 0 aromatic heterocycles. The monoisotopic (exact) mass is 385 g/mol. The van der Waals surface area contributed by atoms with Crippen molar-refractivity contribution >= 4 is 5.97 Å². The summed E-state index contributed by atoms with van der Waals surface area (Å²) < 4.78 is 5.04. The van der Waals surface area contributed by atoms with Crippen LogP contribution in [0.15, 0.2) is 103 Å². The van der Waals surface area contributed by atoms with E-state index in [0.717, 1.165) is 5.56 Å². The molecule has 3 rings (SSSR count). The molecule has 0 aliphatic heterocycles. The molecule has 2 atom stereocenters. The second kappa shape index (κ2) is 9.85. The number of ether oxygens (including phenoxy) is 1. The minimum atomic E-state index is -0.392. The molecule has 3 aromatic rings. The van der Waals surface area contributed by atoms with Crippen LogP contribution in [0.5, 0.6) is 0 Å². The molecule has 0 N–H and O–H groups in total. The van der Waals surface area contributed by atoms with Crippen LogP contribution in [0.3, 0.4) is 0 Å². The highest BCUT2D eigenvalue weighted by Gasteiger charge is 2.31. The number of rotatable bonds is 8. The first-order valence-corrected chi connectivity index (χ1v) is 9.78. The van der Waals surface area contributed by atoms with E-state index in [2.05, 4.69) is 42.7 Å². The molecule has 3 nitrogen and oxygen atoms in total. The minimum Gasteiger partial charge on any atom is -0.466 e. The van der Waals surface area contributed by atoms with E-state index < -0.39 is 5.97 Å². The van der Waals surface area contributed by atoms with E-state index in [4.69, 9.17) is 4.74 Å². The summed E-state index contributed by atoms with van der Waals surface area (Å²) in [5.41, 5.74) is 3.80. The van der Waals surface area contributed by atoms with E-state index >= 15 is 0 Å². The van der Waals surface area contributed by atoms with Crippen molar-refractivity contribution in [2.45, 2.75) is 25.6 Å². The molecular formula is C26H27NO2. The first kappa shape index (κ1) is 20.6. The van der Waals surface area contributed by atoms with Gasteiger partial charge in [0.1, 0.15) is 0 Å². The van der Waals surface area contributed by atoms with Crippen molar-refractivity contribution in [2.75, 3.05) is 7.11 Å². The zero-order chi connectivity index (χ0) is 20.6. The number of nitrogens with zero attached hydrogens (tertiary/aromatic N) is 1. The van der Waals surface area contributed by atoms with Crippen molar-refractivity contribution in [1.82, 2.24) is 4.90 Å². The van der Waals surface area contributed by atoms with Gasteiger partial charge in [0.15, 0.2) is 0 Å². The Bertz CT molecular complexity index is 923. The highest BCUT2D eigenvalue weighted by atomic mass is 16.5. The number of benzene rings is 3. The lowest BCUT2D eigenvalue weighted by Gasteiger charge is -2.37. The molecule has 0 saturated carbocycles. The van der Waals surface area contributed by atoms with Crippen molar-refractivity contribution in [3.63, 3.8) is 0 Å². The summed E-state index contributed by atoms with van der Waals surface area (Å²) in [5.74, 6) is -0.392. The van der Waals surface area contributed by atoms with Crippen LogP contribution in [-0.2, 0) is 16.1 Å². The predicted molar refractivity (Wildman–Crippen MR) is 117 cm³/mol. The number of carbonyl (C=O) groups excluding carboxylic acids is 1. The Labute approximate surface area is 173 Å². The summed E-state index contributed by atoms with van der Waals surface area (Å²) >= 11 is 0. The lowest BCUT2D eigenvalue weighted by atomic mass is 9.94. The van der Waals surface area contributed by atoms with Crippen molar-refractivity contribution in [3.05, 3.63) is 120 Å². The second-order valence-electron chi connectivity index (χ2n) is 7.07. The fourth-order valence-electron chi connectivity index (χ4n) is 3.64. The SMILES string of the molecule is C=C(C(=O)OC)C(c1ccccc1)N(Cc1ccccc1)C(C)c1ccccc1. The summed E-state index contributed by atoms with van der Waals surface area (Å²) in [6.45, 7) is 6.96. The number of hydrogen-bond donors (Lipinski definition) is 0. The Hall–Kier alpha value is -3.17. The van der Waals surface area contributed by atoms with Crippen molar-refractivity contribution in [3.8, 4) is 0 Å². The molecule has 0 saturated heterocycles. The van der Waals surface area contributed by atoms with E-state index in [1.54, 1.807) is 0 Å². The number of carbonyl (C=O) groups is 1. The van der Waals surface area contributed by atoms with E-state index in [-0.39, 0.29) is 12.1 Å². The van der Waals surface area contributed by atoms with Crippen LogP contribution >= 0.6 is 0 Å². The van der Waals surface area contributed by atoms with E-state index in [1.807, 2.05) is 66.7 Å². The summed E-state index contributed by atoms with van der Waals surface area (Å²) in [5, 5.41) is 0.